The number of anilines is 1. The molecule has 0 fully saturated rings. The number of para-hydroxylation sites is 2. The van der Waals surface area contributed by atoms with E-state index in [9.17, 15) is 18.4 Å². The number of fused-ring (bicyclic) bond motifs is 1. The lowest BCUT2D eigenvalue weighted by atomic mass is 10.1. The minimum absolute atomic E-state index is 0.104. The van der Waals surface area contributed by atoms with Crippen LogP contribution in [0.15, 0.2) is 57.7 Å². The van der Waals surface area contributed by atoms with Crippen molar-refractivity contribution in [1.29, 1.82) is 0 Å². The van der Waals surface area contributed by atoms with Crippen LogP contribution in [0.4, 0.5) is 14.5 Å². The van der Waals surface area contributed by atoms with Crippen molar-refractivity contribution in [3.63, 3.8) is 0 Å². The summed E-state index contributed by atoms with van der Waals surface area (Å²) in [7, 11) is 0. The average Bonchev–Trinajstić information content (AvgIpc) is 2.69. The summed E-state index contributed by atoms with van der Waals surface area (Å²) in [6.45, 7) is 0.518. The lowest BCUT2D eigenvalue weighted by molar-refractivity contribution is -0.122. The van der Waals surface area contributed by atoms with Gasteiger partial charge in [-0.25, -0.2) is 4.79 Å². The van der Waals surface area contributed by atoms with Crippen molar-refractivity contribution in [2.45, 2.75) is 39.4 Å². The van der Waals surface area contributed by atoms with E-state index in [-0.39, 0.29) is 11.4 Å². The molecule has 1 N–H and O–H groups in total. The minimum atomic E-state index is -3.01. The molecular weight excluding hydrogens is 396 g/mol. The van der Waals surface area contributed by atoms with Crippen molar-refractivity contribution in [2.75, 3.05) is 5.32 Å². The van der Waals surface area contributed by atoms with Crippen LogP contribution in [0, 0.1) is 0 Å². The summed E-state index contributed by atoms with van der Waals surface area (Å²) in [6, 6.07) is 12.3. The Kier molecular flexibility index (Phi) is 6.66. The largest absolute Gasteiger partial charge is 0.481 e. The molecule has 0 saturated carbocycles. The maximum absolute atomic E-state index is 12.5. The number of benzene rings is 2. The molecule has 1 unspecified atom stereocenters. The van der Waals surface area contributed by atoms with Gasteiger partial charge in [0.15, 0.2) is 6.10 Å². The highest BCUT2D eigenvalue weighted by atomic mass is 19.3. The van der Waals surface area contributed by atoms with E-state index in [1.165, 1.54) is 31.2 Å². The number of hydrogen-bond donors (Lipinski definition) is 1. The van der Waals surface area contributed by atoms with Crippen LogP contribution in [-0.4, -0.2) is 18.6 Å². The molecule has 0 spiro atoms. The average molecular weight is 417 g/mol. The molecule has 3 rings (SSSR count). The number of halogens is 2. The Bertz CT molecular complexity index is 1100. The van der Waals surface area contributed by atoms with E-state index in [1.54, 1.807) is 24.3 Å². The Labute approximate surface area is 171 Å². The van der Waals surface area contributed by atoms with Crippen LogP contribution in [-0.2, 0) is 11.2 Å². The number of hydrogen-bond acceptors (Lipinski definition) is 5. The smallest absolute Gasteiger partial charge is 0.387 e. The highest BCUT2D eigenvalue weighted by Gasteiger charge is 2.18. The zero-order chi connectivity index (χ0) is 21.7. The van der Waals surface area contributed by atoms with Gasteiger partial charge in [-0.05, 0) is 43.2 Å². The molecule has 2 aromatic carbocycles. The molecule has 0 bridgehead atoms. The Morgan fingerprint density at radius 2 is 1.90 bits per heavy atom. The molecule has 3 aromatic rings. The molecule has 30 heavy (non-hydrogen) atoms. The second-order valence-corrected chi connectivity index (χ2v) is 6.62. The zero-order valence-electron chi connectivity index (χ0n) is 16.5. The van der Waals surface area contributed by atoms with Gasteiger partial charge in [0.25, 0.3) is 5.91 Å². The van der Waals surface area contributed by atoms with Crippen molar-refractivity contribution >= 4 is 22.6 Å². The molecule has 6 nitrogen and oxygen atoms in total. The van der Waals surface area contributed by atoms with Gasteiger partial charge in [-0.1, -0.05) is 25.5 Å². The first kappa shape index (κ1) is 21.3. The molecule has 8 heteroatoms. The molecule has 0 aliphatic carbocycles. The number of amides is 1. The molecular formula is C22H21F2NO5. The Morgan fingerprint density at radius 3 is 2.63 bits per heavy atom. The number of nitrogens with one attached hydrogen (secondary N) is 1. The lowest BCUT2D eigenvalue weighted by Crippen LogP contribution is -2.30. The second kappa shape index (κ2) is 9.39. The third-order valence-electron chi connectivity index (χ3n) is 4.36. The first-order valence-corrected chi connectivity index (χ1v) is 9.45. The number of ether oxygens (including phenoxy) is 2. The lowest BCUT2D eigenvalue weighted by Gasteiger charge is -2.17. The van der Waals surface area contributed by atoms with Crippen LogP contribution < -0.4 is 20.4 Å². The van der Waals surface area contributed by atoms with Crippen molar-refractivity contribution < 1.29 is 27.5 Å². The molecule has 0 saturated heterocycles. The summed E-state index contributed by atoms with van der Waals surface area (Å²) in [5.41, 5.74) is 0.903. The standard InChI is InChI=1S/C22H21F2NO5/c1-3-6-14-11-20(26)29-19-12-15(9-10-16(14)19)28-13(2)21(27)25-17-7-4-5-8-18(17)30-22(23)24/h4-5,7-13,22H,3,6H2,1-2H3,(H,25,27). The van der Waals surface area contributed by atoms with Crippen molar-refractivity contribution in [1.82, 2.24) is 0 Å². The summed E-state index contributed by atoms with van der Waals surface area (Å²) in [6.07, 6.45) is 0.666. The molecule has 0 aliphatic rings. The van der Waals surface area contributed by atoms with Gasteiger partial charge >= 0.3 is 12.2 Å². The number of carbonyl (C=O) groups is 1. The van der Waals surface area contributed by atoms with Crippen LogP contribution in [0.3, 0.4) is 0 Å². The van der Waals surface area contributed by atoms with Gasteiger partial charge in [-0.3, -0.25) is 4.79 Å². The van der Waals surface area contributed by atoms with Gasteiger partial charge in [0.1, 0.15) is 17.1 Å². The molecule has 1 heterocycles. The summed E-state index contributed by atoms with van der Waals surface area (Å²) >= 11 is 0. The third kappa shape index (κ3) is 5.14. The monoisotopic (exact) mass is 417 g/mol. The molecule has 1 amide bonds. The van der Waals surface area contributed by atoms with E-state index in [0.717, 1.165) is 23.8 Å². The normalized spacial score (nSPS) is 12.0. The predicted molar refractivity (Wildman–Crippen MR) is 108 cm³/mol. The highest BCUT2D eigenvalue weighted by molar-refractivity contribution is 5.95. The number of carbonyl (C=O) groups excluding carboxylic acids is 1. The quantitative estimate of drug-likeness (QED) is 0.535. The number of aryl methyl sites for hydroxylation is 1. The van der Waals surface area contributed by atoms with Crippen molar-refractivity contribution in [2.24, 2.45) is 0 Å². The summed E-state index contributed by atoms with van der Waals surface area (Å²) < 4.78 is 40.4. The summed E-state index contributed by atoms with van der Waals surface area (Å²) in [4.78, 5) is 24.3. The van der Waals surface area contributed by atoms with E-state index in [2.05, 4.69) is 10.1 Å². The number of rotatable bonds is 8. The van der Waals surface area contributed by atoms with Gasteiger partial charge in [0, 0.05) is 17.5 Å². The maximum Gasteiger partial charge on any atom is 0.387 e. The zero-order valence-corrected chi connectivity index (χ0v) is 16.5. The van der Waals surface area contributed by atoms with E-state index in [0.29, 0.717) is 11.3 Å². The Hall–Kier alpha value is -3.42. The van der Waals surface area contributed by atoms with Crippen LogP contribution in [0.1, 0.15) is 25.8 Å². The van der Waals surface area contributed by atoms with Gasteiger partial charge in [0.05, 0.1) is 5.69 Å². The molecule has 0 radical (unpaired) electrons. The van der Waals surface area contributed by atoms with Gasteiger partial charge < -0.3 is 19.2 Å². The summed E-state index contributed by atoms with van der Waals surface area (Å²) in [5.74, 6) is -0.371. The van der Waals surface area contributed by atoms with Gasteiger partial charge in [-0.15, -0.1) is 0 Å². The molecule has 158 valence electrons. The van der Waals surface area contributed by atoms with Crippen molar-refractivity contribution in [3.05, 3.63) is 64.5 Å². The molecule has 0 aliphatic heterocycles. The Balaban J connectivity index is 1.76. The van der Waals surface area contributed by atoms with Crippen LogP contribution in [0.25, 0.3) is 11.0 Å². The first-order chi connectivity index (χ1) is 14.4. The van der Waals surface area contributed by atoms with Crippen molar-refractivity contribution in [3.8, 4) is 11.5 Å². The van der Waals surface area contributed by atoms with E-state index in [1.807, 2.05) is 6.92 Å². The van der Waals surface area contributed by atoms with E-state index >= 15 is 0 Å². The van der Waals surface area contributed by atoms with Gasteiger partial charge in [0.2, 0.25) is 0 Å². The third-order valence-corrected chi connectivity index (χ3v) is 4.36. The highest BCUT2D eigenvalue weighted by Crippen LogP contribution is 2.27. The van der Waals surface area contributed by atoms with Crippen LogP contribution in [0.5, 0.6) is 11.5 Å². The number of alkyl halides is 2. The van der Waals surface area contributed by atoms with Crippen LogP contribution in [0.2, 0.25) is 0 Å². The first-order valence-electron chi connectivity index (χ1n) is 9.45. The molecule has 1 aromatic heterocycles. The van der Waals surface area contributed by atoms with Crippen LogP contribution >= 0.6 is 0 Å². The van der Waals surface area contributed by atoms with Gasteiger partial charge in [-0.2, -0.15) is 8.78 Å². The maximum atomic E-state index is 12.5. The fraction of sp³-hybridized carbons (Fsp3) is 0.273. The predicted octanol–water partition coefficient (Wildman–Crippen LogP) is 4.75. The summed E-state index contributed by atoms with van der Waals surface area (Å²) in [5, 5.41) is 3.32. The SMILES string of the molecule is CCCc1cc(=O)oc2cc(OC(C)C(=O)Nc3ccccc3OC(F)F)ccc12. The fourth-order valence-corrected chi connectivity index (χ4v) is 3.02. The Morgan fingerprint density at radius 1 is 1.13 bits per heavy atom. The fourth-order valence-electron chi connectivity index (χ4n) is 3.02. The van der Waals surface area contributed by atoms with E-state index in [4.69, 9.17) is 9.15 Å². The second-order valence-electron chi connectivity index (χ2n) is 6.62. The van der Waals surface area contributed by atoms with E-state index < -0.39 is 24.2 Å². The molecule has 1 atom stereocenters. The topological polar surface area (TPSA) is 77.8 Å². The minimum Gasteiger partial charge on any atom is -0.481 e.